The number of aliphatic hydroxyl groups is 10. The summed E-state index contributed by atoms with van der Waals surface area (Å²) in [5.41, 5.74) is -1.59. The minimum absolute atomic E-state index is 0.0288. The van der Waals surface area contributed by atoms with Gasteiger partial charge in [0.15, 0.2) is 25.0 Å². The van der Waals surface area contributed by atoms with Crippen molar-refractivity contribution in [3.63, 3.8) is 0 Å². The predicted octanol–water partition coefficient (Wildman–Crippen LogP) is -0.605. The molecule has 0 aromatic carbocycles. The number of rotatable bonds is 16. The largest absolute Gasteiger partial charge is 0.467 e. The van der Waals surface area contributed by atoms with E-state index in [1.165, 1.54) is 5.57 Å². The molecule has 4 saturated carbocycles. The molecule has 0 bridgehead atoms. The molecule has 81 heavy (non-hydrogen) atoms. The Hall–Kier alpha value is -3.06. The number of ether oxygens (including phenoxy) is 11. The summed E-state index contributed by atoms with van der Waals surface area (Å²) in [6.45, 7) is 13.2. The first-order valence-corrected chi connectivity index (χ1v) is 28.3. The van der Waals surface area contributed by atoms with Crippen LogP contribution in [0.1, 0.15) is 113 Å². The van der Waals surface area contributed by atoms with E-state index in [0.29, 0.717) is 44.9 Å². The Kier molecular flexibility index (Phi) is 19.0. The van der Waals surface area contributed by atoms with E-state index in [1.807, 2.05) is 0 Å². The summed E-state index contributed by atoms with van der Waals surface area (Å²) >= 11 is 0. The Bertz CT molecular complexity index is 2290. The molecule has 8 aliphatic rings. The van der Waals surface area contributed by atoms with Crippen molar-refractivity contribution in [3.8, 4) is 0 Å². The van der Waals surface area contributed by atoms with Gasteiger partial charge in [0.05, 0.1) is 46.1 Å². The van der Waals surface area contributed by atoms with Gasteiger partial charge in [-0.05, 0) is 109 Å². The average Bonchev–Trinajstić information content (AvgIpc) is 3.62. The molecule has 25 unspecified atom stereocenters. The lowest BCUT2D eigenvalue weighted by Gasteiger charge is -2.71. The first-order chi connectivity index (χ1) is 37.9. The number of hydrogen-bond acceptors (Lipinski definition) is 25. The molecule has 0 aromatic rings. The van der Waals surface area contributed by atoms with Crippen LogP contribution < -0.4 is 0 Å². The van der Waals surface area contributed by atoms with Gasteiger partial charge < -0.3 is 103 Å². The van der Waals surface area contributed by atoms with Crippen LogP contribution in [-0.2, 0) is 71.3 Å². The number of fused-ring (bicyclic) bond motifs is 7. The van der Waals surface area contributed by atoms with Gasteiger partial charge in [-0.3, -0.25) is 4.79 Å². The topological polar surface area (TPSA) is 372 Å². The summed E-state index contributed by atoms with van der Waals surface area (Å²) in [5, 5.41) is 108. The number of carbonyl (C=O) groups excluding carboxylic acids is 4. The van der Waals surface area contributed by atoms with Crippen LogP contribution in [0.25, 0.3) is 0 Å². The summed E-state index contributed by atoms with van der Waals surface area (Å²) in [7, 11) is 3.05. The van der Waals surface area contributed by atoms with Crippen molar-refractivity contribution in [1.29, 1.82) is 0 Å². The van der Waals surface area contributed by atoms with Crippen LogP contribution in [0, 0.1) is 50.2 Å². The molecule has 10 N–H and O–H groups in total. The third kappa shape index (κ3) is 11.1. The molecule has 7 fully saturated rings. The Balaban J connectivity index is 1.11. The highest BCUT2D eigenvalue weighted by molar-refractivity contribution is 5.79. The van der Waals surface area contributed by atoms with Gasteiger partial charge in [-0.25, -0.2) is 14.4 Å². The van der Waals surface area contributed by atoms with E-state index >= 15 is 0 Å². The van der Waals surface area contributed by atoms with Gasteiger partial charge in [0.1, 0.15) is 73.8 Å². The van der Waals surface area contributed by atoms with Gasteiger partial charge in [-0.15, -0.1) is 0 Å². The highest BCUT2D eigenvalue weighted by Gasteiger charge is 2.70. The SMILES string of the molecule is COC(=O)COC(OC1C(O)C(C(=O)OC)OC(OC2CCC3(C)C(CCC4(C)C3CC=C3C5CC(C)(C)CCC5(C(=O)OC5OC(CO)C(O)C(O)C5O)CCC34C)C2(C)C)C1OC1OC(CO)C(O)C(O)C1O)C(O)C(=O)OC. The molecule has 25 heteroatoms. The molecular weight excluding hydrogens is 1070 g/mol. The van der Waals surface area contributed by atoms with Gasteiger partial charge >= 0.3 is 23.9 Å². The van der Waals surface area contributed by atoms with Crippen molar-refractivity contribution >= 4 is 23.9 Å². The molecule has 462 valence electrons. The molecule has 8 rings (SSSR count). The van der Waals surface area contributed by atoms with Crippen LogP contribution in [0.5, 0.6) is 0 Å². The van der Waals surface area contributed by atoms with Crippen molar-refractivity contribution in [2.24, 2.45) is 50.2 Å². The van der Waals surface area contributed by atoms with Gasteiger partial charge in [-0.2, -0.15) is 0 Å². The zero-order valence-corrected chi connectivity index (χ0v) is 48.0. The van der Waals surface area contributed by atoms with E-state index in [4.69, 9.17) is 47.4 Å². The highest BCUT2D eigenvalue weighted by atomic mass is 16.8. The van der Waals surface area contributed by atoms with Crippen molar-refractivity contribution in [2.45, 2.75) is 223 Å². The molecule has 3 saturated heterocycles. The van der Waals surface area contributed by atoms with Crippen LogP contribution >= 0.6 is 0 Å². The third-order valence-corrected chi connectivity index (χ3v) is 21.0. The Morgan fingerprint density at radius 2 is 1.27 bits per heavy atom. The second kappa shape index (κ2) is 24.0. The smallest absolute Gasteiger partial charge is 0.340 e. The highest BCUT2D eigenvalue weighted by Crippen LogP contribution is 2.76. The van der Waals surface area contributed by atoms with Crippen LogP contribution in [-0.4, -0.2) is 227 Å². The molecule has 0 radical (unpaired) electrons. The second-order valence-electron chi connectivity index (χ2n) is 26.0. The van der Waals surface area contributed by atoms with Gasteiger partial charge in [0, 0.05) is 0 Å². The lowest BCUT2D eigenvalue weighted by molar-refractivity contribution is -0.387. The number of allylic oxidation sites excluding steroid dienone is 2. The van der Waals surface area contributed by atoms with Crippen LogP contribution in [0.2, 0.25) is 0 Å². The number of carbonyl (C=O) groups is 4. The zero-order valence-electron chi connectivity index (χ0n) is 48.0. The number of esters is 4. The minimum Gasteiger partial charge on any atom is -0.467 e. The first-order valence-electron chi connectivity index (χ1n) is 28.3. The maximum absolute atomic E-state index is 14.8. The molecule has 3 aliphatic heterocycles. The summed E-state index contributed by atoms with van der Waals surface area (Å²) in [6.07, 6.45) is -23.1. The van der Waals surface area contributed by atoms with Crippen LogP contribution in [0.4, 0.5) is 0 Å². The maximum Gasteiger partial charge on any atom is 0.340 e. The fourth-order valence-electron chi connectivity index (χ4n) is 16.1. The Morgan fingerprint density at radius 1 is 0.654 bits per heavy atom. The Labute approximate surface area is 471 Å². The van der Waals surface area contributed by atoms with Crippen LogP contribution in [0.15, 0.2) is 11.6 Å². The lowest BCUT2D eigenvalue weighted by Crippen LogP contribution is -2.68. The standard InChI is InChI=1S/C56H88O25/c1-51(2)17-19-56(50(70)81-48-38(65)36(63)34(61)28(23-58)76-48)20-18-54(6)25(26(56)21-51)11-12-30-53(5)15-14-31(52(3,4)29(53)13-16-55(30,54)7)77-49-43(80-47-37(64)35(62)33(60)27(22-57)75-47)41(39(66)42(79-49)45(69)73-10)78-46(40(67)44(68)72-9)74-24-32(59)71-8/h11,26-31,33-43,46-49,57-58,60-67H,12-24H2,1-10H3. The first kappa shape index (κ1) is 63.9. The molecule has 25 atom stereocenters. The number of methoxy groups -OCH3 is 3. The fourth-order valence-corrected chi connectivity index (χ4v) is 16.1. The maximum atomic E-state index is 14.8. The van der Waals surface area contributed by atoms with E-state index in [-0.39, 0.29) is 39.4 Å². The van der Waals surface area contributed by atoms with Gasteiger partial charge in [0.2, 0.25) is 12.4 Å². The molecule has 0 amide bonds. The number of aliphatic hydroxyl groups excluding tert-OH is 10. The van der Waals surface area contributed by atoms with Crippen molar-refractivity contribution < 1.29 is 122 Å². The summed E-state index contributed by atoms with van der Waals surface area (Å²) in [4.78, 5) is 53.5. The average molecular weight is 1160 g/mol. The summed E-state index contributed by atoms with van der Waals surface area (Å²) in [5.74, 6) is -4.05. The molecule has 5 aliphatic carbocycles. The van der Waals surface area contributed by atoms with Crippen molar-refractivity contribution in [3.05, 3.63) is 11.6 Å². The number of hydrogen-bond donors (Lipinski definition) is 10. The fraction of sp³-hybridized carbons (Fsp3) is 0.893. The minimum atomic E-state index is -2.30. The molecule has 0 spiro atoms. The van der Waals surface area contributed by atoms with E-state index < -0.39 is 165 Å². The van der Waals surface area contributed by atoms with E-state index in [2.05, 4.69) is 59.3 Å². The predicted molar refractivity (Wildman–Crippen MR) is 274 cm³/mol. The lowest BCUT2D eigenvalue weighted by atomic mass is 9.33. The van der Waals surface area contributed by atoms with Gasteiger partial charge in [0.25, 0.3) is 0 Å². The zero-order chi connectivity index (χ0) is 59.7. The molecule has 0 aromatic heterocycles. The van der Waals surface area contributed by atoms with E-state index in [0.717, 1.165) is 40.6 Å². The van der Waals surface area contributed by atoms with E-state index in [9.17, 15) is 70.2 Å². The monoisotopic (exact) mass is 1160 g/mol. The molecular formula is C56H88O25. The molecule has 25 nitrogen and oxygen atoms in total. The summed E-state index contributed by atoms with van der Waals surface area (Å²) in [6, 6.07) is 0. The third-order valence-electron chi connectivity index (χ3n) is 21.0. The van der Waals surface area contributed by atoms with E-state index in [1.54, 1.807) is 0 Å². The van der Waals surface area contributed by atoms with Crippen molar-refractivity contribution in [2.75, 3.05) is 41.2 Å². The van der Waals surface area contributed by atoms with Crippen LogP contribution in [0.3, 0.4) is 0 Å². The summed E-state index contributed by atoms with van der Waals surface area (Å²) < 4.78 is 63.0. The quantitative estimate of drug-likeness (QED) is 0.0303. The van der Waals surface area contributed by atoms with Gasteiger partial charge in [-0.1, -0.05) is 60.1 Å². The second-order valence-corrected chi connectivity index (χ2v) is 26.0. The molecule has 3 heterocycles. The Morgan fingerprint density at radius 3 is 1.88 bits per heavy atom. The van der Waals surface area contributed by atoms with Crippen molar-refractivity contribution in [1.82, 2.24) is 0 Å². The normalized spacial score (nSPS) is 46.2.